The molecule has 0 atom stereocenters. The maximum atomic E-state index is 13.0. The molecule has 0 fully saturated rings. The van der Waals surface area contributed by atoms with Crippen LogP contribution in [-0.2, 0) is 11.3 Å². The van der Waals surface area contributed by atoms with Gasteiger partial charge in [0.1, 0.15) is 11.3 Å². The number of thiophene rings is 1. The Kier molecular flexibility index (Phi) is 6.12. The second kappa shape index (κ2) is 8.96. The monoisotopic (exact) mass is 457 g/mol. The van der Waals surface area contributed by atoms with Gasteiger partial charge in [-0.3, -0.25) is 14.9 Å². The van der Waals surface area contributed by atoms with Gasteiger partial charge in [-0.25, -0.2) is 0 Å². The van der Waals surface area contributed by atoms with Crippen LogP contribution in [0.2, 0.25) is 0 Å². The molecule has 4 rings (SSSR count). The zero-order valence-electron chi connectivity index (χ0n) is 16.9. The fourth-order valence-corrected chi connectivity index (χ4v) is 5.25. The Bertz CT molecular complexity index is 1350. The van der Waals surface area contributed by atoms with E-state index in [1.165, 1.54) is 34.8 Å². The first kappa shape index (κ1) is 21.2. The van der Waals surface area contributed by atoms with Crippen LogP contribution in [0.25, 0.3) is 20.3 Å². The van der Waals surface area contributed by atoms with E-state index in [0.29, 0.717) is 40.6 Å². The lowest BCUT2D eigenvalue weighted by Gasteiger charge is -2.08. The molecule has 4 aromatic rings. The van der Waals surface area contributed by atoms with Gasteiger partial charge in [-0.05, 0) is 31.2 Å². The molecular formula is C21H19N3O5S2. The molecule has 0 N–H and O–H groups in total. The minimum atomic E-state index is -0.450. The van der Waals surface area contributed by atoms with E-state index in [2.05, 4.69) is 4.99 Å². The van der Waals surface area contributed by atoms with Crippen molar-refractivity contribution in [2.24, 2.45) is 4.99 Å². The fraction of sp³-hybridized carbons (Fsp3) is 0.238. The SMILES string of the molecule is CCOCCn1c(=NC(=O)c2cc3cc([N+](=O)[O-])ccc3s2)sc2cccc(OC)c21. The number of para-hydroxylation sites is 1. The van der Waals surface area contributed by atoms with E-state index in [1.807, 2.05) is 29.7 Å². The fourth-order valence-electron chi connectivity index (χ4n) is 3.25. The summed E-state index contributed by atoms with van der Waals surface area (Å²) in [4.78, 5) is 28.9. The molecular weight excluding hydrogens is 438 g/mol. The standard InChI is InChI=1S/C21H19N3O5S2/c1-3-29-10-9-23-19-15(28-2)5-4-6-17(19)31-21(23)22-20(25)18-12-13-11-14(24(26)27)7-8-16(13)30-18/h4-8,11-12H,3,9-10H2,1-2H3. The van der Waals surface area contributed by atoms with Crippen LogP contribution in [-0.4, -0.2) is 35.7 Å². The van der Waals surface area contributed by atoms with Gasteiger partial charge in [-0.1, -0.05) is 17.4 Å². The zero-order valence-corrected chi connectivity index (χ0v) is 18.5. The van der Waals surface area contributed by atoms with Crippen LogP contribution >= 0.6 is 22.7 Å². The number of aromatic nitrogens is 1. The largest absolute Gasteiger partial charge is 0.495 e. The van der Waals surface area contributed by atoms with Crippen molar-refractivity contribution in [2.45, 2.75) is 13.5 Å². The molecule has 0 bridgehead atoms. The molecule has 0 aliphatic rings. The van der Waals surface area contributed by atoms with Crippen LogP contribution in [0.15, 0.2) is 47.5 Å². The van der Waals surface area contributed by atoms with Crippen LogP contribution in [0.1, 0.15) is 16.6 Å². The topological polar surface area (TPSA) is 96.0 Å². The van der Waals surface area contributed by atoms with Crippen molar-refractivity contribution in [1.82, 2.24) is 4.57 Å². The van der Waals surface area contributed by atoms with Crippen molar-refractivity contribution in [2.75, 3.05) is 20.3 Å². The van der Waals surface area contributed by atoms with Crippen LogP contribution in [0.3, 0.4) is 0 Å². The highest BCUT2D eigenvalue weighted by Crippen LogP contribution is 2.30. The first-order valence-electron chi connectivity index (χ1n) is 9.53. The Morgan fingerprint density at radius 2 is 2.03 bits per heavy atom. The van der Waals surface area contributed by atoms with Crippen LogP contribution in [0.5, 0.6) is 5.75 Å². The summed E-state index contributed by atoms with van der Waals surface area (Å²) in [6, 6.07) is 11.9. The number of ether oxygens (including phenoxy) is 2. The van der Waals surface area contributed by atoms with Gasteiger partial charge in [-0.2, -0.15) is 4.99 Å². The number of carbonyl (C=O) groups excluding carboxylic acids is 1. The molecule has 0 spiro atoms. The van der Waals surface area contributed by atoms with Gasteiger partial charge in [0.15, 0.2) is 4.80 Å². The molecule has 1 amide bonds. The highest BCUT2D eigenvalue weighted by atomic mass is 32.1. The molecule has 0 unspecified atom stereocenters. The summed E-state index contributed by atoms with van der Waals surface area (Å²) in [5.74, 6) is 0.313. The number of nitro benzene ring substituents is 1. The predicted molar refractivity (Wildman–Crippen MR) is 121 cm³/mol. The van der Waals surface area contributed by atoms with Gasteiger partial charge >= 0.3 is 0 Å². The molecule has 0 aliphatic carbocycles. The first-order chi connectivity index (χ1) is 15.0. The second-order valence-corrected chi connectivity index (χ2v) is 8.64. The Morgan fingerprint density at radius 3 is 2.77 bits per heavy atom. The number of thiazole rings is 1. The summed E-state index contributed by atoms with van der Waals surface area (Å²) >= 11 is 2.67. The summed E-state index contributed by atoms with van der Waals surface area (Å²) in [5, 5.41) is 11.7. The number of hydrogen-bond donors (Lipinski definition) is 0. The lowest BCUT2D eigenvalue weighted by Crippen LogP contribution is -2.19. The molecule has 2 aromatic heterocycles. The summed E-state index contributed by atoms with van der Waals surface area (Å²) < 4.78 is 14.7. The van der Waals surface area contributed by atoms with E-state index in [1.54, 1.807) is 19.2 Å². The van der Waals surface area contributed by atoms with Gasteiger partial charge in [0.2, 0.25) is 0 Å². The molecule has 8 nitrogen and oxygen atoms in total. The van der Waals surface area contributed by atoms with Crippen molar-refractivity contribution in [3.63, 3.8) is 0 Å². The van der Waals surface area contributed by atoms with E-state index >= 15 is 0 Å². The van der Waals surface area contributed by atoms with E-state index < -0.39 is 4.92 Å². The number of nitro groups is 1. The molecule has 0 aliphatic heterocycles. The predicted octanol–water partition coefficient (Wildman–Crippen LogP) is 4.61. The maximum absolute atomic E-state index is 13.0. The number of carbonyl (C=O) groups is 1. The van der Waals surface area contributed by atoms with Crippen molar-refractivity contribution in [1.29, 1.82) is 0 Å². The number of benzene rings is 2. The van der Waals surface area contributed by atoms with Crippen LogP contribution in [0, 0.1) is 10.1 Å². The first-order valence-corrected chi connectivity index (χ1v) is 11.2. The Balaban J connectivity index is 1.79. The number of fused-ring (bicyclic) bond motifs is 2. The third kappa shape index (κ3) is 4.22. The van der Waals surface area contributed by atoms with E-state index in [9.17, 15) is 14.9 Å². The highest BCUT2D eigenvalue weighted by Gasteiger charge is 2.16. The van der Waals surface area contributed by atoms with E-state index in [4.69, 9.17) is 9.47 Å². The Hall–Kier alpha value is -3.08. The second-order valence-electron chi connectivity index (χ2n) is 6.55. The molecule has 0 saturated carbocycles. The lowest BCUT2D eigenvalue weighted by molar-refractivity contribution is -0.384. The van der Waals surface area contributed by atoms with Crippen molar-refractivity contribution >= 4 is 54.6 Å². The molecule has 0 saturated heterocycles. The number of hydrogen-bond acceptors (Lipinski definition) is 7. The number of rotatable bonds is 7. The normalized spacial score (nSPS) is 12.0. The maximum Gasteiger partial charge on any atom is 0.289 e. The number of methoxy groups -OCH3 is 1. The van der Waals surface area contributed by atoms with Gasteiger partial charge in [0.25, 0.3) is 11.6 Å². The smallest absolute Gasteiger partial charge is 0.289 e. The van der Waals surface area contributed by atoms with Crippen LogP contribution in [0.4, 0.5) is 5.69 Å². The summed E-state index contributed by atoms with van der Waals surface area (Å²) in [6.07, 6.45) is 0. The molecule has 0 radical (unpaired) electrons. The highest BCUT2D eigenvalue weighted by molar-refractivity contribution is 7.21. The van der Waals surface area contributed by atoms with Crippen molar-refractivity contribution in [3.8, 4) is 5.75 Å². The van der Waals surface area contributed by atoms with E-state index in [0.717, 1.165) is 14.9 Å². The van der Waals surface area contributed by atoms with Crippen molar-refractivity contribution in [3.05, 3.63) is 62.3 Å². The Morgan fingerprint density at radius 1 is 1.19 bits per heavy atom. The molecule has 160 valence electrons. The number of nitrogens with zero attached hydrogens (tertiary/aromatic N) is 3. The lowest BCUT2D eigenvalue weighted by atomic mass is 10.2. The third-order valence-corrected chi connectivity index (χ3v) is 6.81. The van der Waals surface area contributed by atoms with Gasteiger partial charge in [-0.15, -0.1) is 11.3 Å². The average Bonchev–Trinajstić information content (AvgIpc) is 3.34. The summed E-state index contributed by atoms with van der Waals surface area (Å²) in [7, 11) is 1.61. The Labute approximate surface area is 185 Å². The summed E-state index contributed by atoms with van der Waals surface area (Å²) in [5.41, 5.74) is 0.861. The minimum absolute atomic E-state index is 0.00777. The minimum Gasteiger partial charge on any atom is -0.495 e. The number of non-ortho nitro benzene ring substituents is 1. The quantitative estimate of drug-likeness (QED) is 0.229. The van der Waals surface area contributed by atoms with Gasteiger partial charge in [0, 0.05) is 35.4 Å². The number of amides is 1. The molecule has 31 heavy (non-hydrogen) atoms. The zero-order chi connectivity index (χ0) is 22.0. The van der Waals surface area contributed by atoms with Crippen molar-refractivity contribution < 1.29 is 19.2 Å². The van der Waals surface area contributed by atoms with E-state index in [-0.39, 0.29) is 11.6 Å². The molecule has 2 aromatic carbocycles. The summed E-state index contributed by atoms with van der Waals surface area (Å²) in [6.45, 7) is 3.53. The van der Waals surface area contributed by atoms with Gasteiger partial charge in [0.05, 0.1) is 28.2 Å². The third-order valence-electron chi connectivity index (χ3n) is 4.67. The average molecular weight is 458 g/mol. The van der Waals surface area contributed by atoms with Gasteiger partial charge < -0.3 is 14.0 Å². The molecule has 10 heteroatoms. The molecule has 2 heterocycles. The van der Waals surface area contributed by atoms with Crippen LogP contribution < -0.4 is 9.54 Å².